The molecule has 0 radical (unpaired) electrons. The minimum absolute atomic E-state index is 0.145. The molecular formula is C15H24FNO2. The topological polar surface area (TPSA) is 30.5 Å². The molecule has 0 amide bonds. The Labute approximate surface area is 115 Å². The molecule has 1 atom stereocenters. The molecule has 1 rings (SSSR count). The Balaban J connectivity index is 2.53. The number of rotatable bonds is 9. The molecular weight excluding hydrogens is 245 g/mol. The molecule has 0 fully saturated rings. The highest BCUT2D eigenvalue weighted by Crippen LogP contribution is 2.22. The normalized spacial score (nSPS) is 12.4. The first-order valence-corrected chi connectivity index (χ1v) is 6.92. The van der Waals surface area contributed by atoms with Crippen molar-refractivity contribution in [2.75, 3.05) is 26.4 Å². The average Bonchev–Trinajstić information content (AvgIpc) is 2.42. The van der Waals surface area contributed by atoms with Crippen molar-refractivity contribution in [3.05, 3.63) is 29.6 Å². The van der Waals surface area contributed by atoms with Crippen LogP contribution in [0.4, 0.5) is 4.39 Å². The fraction of sp³-hybridized carbons (Fsp3) is 0.600. The van der Waals surface area contributed by atoms with Crippen LogP contribution < -0.4 is 10.1 Å². The van der Waals surface area contributed by atoms with E-state index in [1.54, 1.807) is 6.07 Å². The van der Waals surface area contributed by atoms with Gasteiger partial charge < -0.3 is 14.8 Å². The number of ether oxygens (including phenoxy) is 2. The maximum atomic E-state index is 13.8. The molecule has 0 heterocycles. The van der Waals surface area contributed by atoms with Gasteiger partial charge >= 0.3 is 0 Å². The molecule has 19 heavy (non-hydrogen) atoms. The van der Waals surface area contributed by atoms with Gasteiger partial charge in [0.05, 0.1) is 6.61 Å². The summed E-state index contributed by atoms with van der Waals surface area (Å²) in [7, 11) is 0. The molecule has 4 heteroatoms. The summed E-state index contributed by atoms with van der Waals surface area (Å²) >= 11 is 0. The monoisotopic (exact) mass is 269 g/mol. The molecule has 0 aliphatic carbocycles. The highest BCUT2D eigenvalue weighted by Gasteiger charge is 2.09. The van der Waals surface area contributed by atoms with Crippen LogP contribution in [-0.2, 0) is 4.74 Å². The molecule has 0 bridgehead atoms. The summed E-state index contributed by atoms with van der Waals surface area (Å²) in [5, 5.41) is 3.33. The van der Waals surface area contributed by atoms with Crippen molar-refractivity contribution in [1.82, 2.24) is 5.32 Å². The third-order valence-electron chi connectivity index (χ3n) is 2.85. The van der Waals surface area contributed by atoms with Gasteiger partial charge in [0.25, 0.3) is 0 Å². The fourth-order valence-corrected chi connectivity index (χ4v) is 1.74. The summed E-state index contributed by atoms with van der Waals surface area (Å²) in [5.41, 5.74) is 0.933. The van der Waals surface area contributed by atoms with Gasteiger partial charge in [0.1, 0.15) is 6.61 Å². The van der Waals surface area contributed by atoms with E-state index in [1.807, 2.05) is 19.9 Å². The summed E-state index contributed by atoms with van der Waals surface area (Å²) in [4.78, 5) is 0. The van der Waals surface area contributed by atoms with E-state index < -0.39 is 0 Å². The standard InChI is InChI=1S/C15H24FNO2/c1-4-8-17-12(3)13-6-7-15(14(16)11-13)19-10-9-18-5-2/h6-7,11-12,17H,4-5,8-10H2,1-3H3. The van der Waals surface area contributed by atoms with E-state index in [-0.39, 0.29) is 17.6 Å². The highest BCUT2D eigenvalue weighted by molar-refractivity contribution is 5.30. The molecule has 1 aromatic carbocycles. The highest BCUT2D eigenvalue weighted by atomic mass is 19.1. The van der Waals surface area contributed by atoms with Crippen LogP contribution in [0, 0.1) is 5.82 Å². The van der Waals surface area contributed by atoms with E-state index in [9.17, 15) is 4.39 Å². The predicted octanol–water partition coefficient (Wildman–Crippen LogP) is 3.30. The lowest BCUT2D eigenvalue weighted by Gasteiger charge is -2.15. The van der Waals surface area contributed by atoms with Gasteiger partial charge in [0, 0.05) is 12.6 Å². The molecule has 0 saturated heterocycles. The van der Waals surface area contributed by atoms with Crippen molar-refractivity contribution in [1.29, 1.82) is 0 Å². The van der Waals surface area contributed by atoms with Gasteiger partial charge in [0.2, 0.25) is 0 Å². The Morgan fingerprint density at radius 1 is 1.26 bits per heavy atom. The first kappa shape index (κ1) is 15.9. The minimum atomic E-state index is -0.320. The molecule has 3 nitrogen and oxygen atoms in total. The third-order valence-corrected chi connectivity index (χ3v) is 2.85. The first-order valence-electron chi connectivity index (χ1n) is 6.92. The van der Waals surface area contributed by atoms with Crippen LogP contribution in [0.2, 0.25) is 0 Å². The van der Waals surface area contributed by atoms with E-state index in [0.29, 0.717) is 19.8 Å². The van der Waals surface area contributed by atoms with E-state index in [2.05, 4.69) is 12.2 Å². The second-order valence-electron chi connectivity index (χ2n) is 4.41. The lowest BCUT2D eigenvalue weighted by atomic mass is 10.1. The van der Waals surface area contributed by atoms with Gasteiger partial charge in [-0.25, -0.2) is 4.39 Å². The summed E-state index contributed by atoms with van der Waals surface area (Å²) in [5.74, 6) is -0.0368. The Morgan fingerprint density at radius 3 is 2.68 bits per heavy atom. The molecule has 1 N–H and O–H groups in total. The van der Waals surface area contributed by atoms with Crippen molar-refractivity contribution in [3.63, 3.8) is 0 Å². The van der Waals surface area contributed by atoms with Crippen LogP contribution in [0.15, 0.2) is 18.2 Å². The molecule has 1 unspecified atom stereocenters. The van der Waals surface area contributed by atoms with Gasteiger partial charge in [-0.05, 0) is 44.5 Å². The van der Waals surface area contributed by atoms with Gasteiger partial charge in [-0.15, -0.1) is 0 Å². The summed E-state index contributed by atoms with van der Waals surface area (Å²) in [6.45, 7) is 8.47. The zero-order chi connectivity index (χ0) is 14.1. The van der Waals surface area contributed by atoms with Crippen LogP contribution in [0.3, 0.4) is 0 Å². The summed E-state index contributed by atoms with van der Waals surface area (Å²) in [6, 6.07) is 5.25. The first-order chi connectivity index (χ1) is 9.19. The smallest absolute Gasteiger partial charge is 0.165 e. The Bertz CT molecular complexity index is 371. The van der Waals surface area contributed by atoms with E-state index in [1.165, 1.54) is 6.07 Å². The maximum absolute atomic E-state index is 13.8. The van der Waals surface area contributed by atoms with Crippen LogP contribution in [0.25, 0.3) is 0 Å². The molecule has 0 spiro atoms. The molecule has 0 aromatic heterocycles. The van der Waals surface area contributed by atoms with E-state index in [0.717, 1.165) is 18.5 Å². The van der Waals surface area contributed by atoms with Gasteiger partial charge in [-0.2, -0.15) is 0 Å². The van der Waals surface area contributed by atoms with Crippen LogP contribution in [0.1, 0.15) is 38.8 Å². The number of benzene rings is 1. The van der Waals surface area contributed by atoms with Gasteiger partial charge in [0.15, 0.2) is 11.6 Å². The van der Waals surface area contributed by atoms with Crippen LogP contribution in [0.5, 0.6) is 5.75 Å². The fourth-order valence-electron chi connectivity index (χ4n) is 1.74. The summed E-state index contributed by atoms with van der Waals surface area (Å²) < 4.78 is 24.3. The SMILES string of the molecule is CCCNC(C)c1ccc(OCCOCC)c(F)c1. The Hall–Kier alpha value is -1.13. The van der Waals surface area contributed by atoms with E-state index in [4.69, 9.17) is 9.47 Å². The largest absolute Gasteiger partial charge is 0.488 e. The zero-order valence-electron chi connectivity index (χ0n) is 12.0. The molecule has 108 valence electrons. The lowest BCUT2D eigenvalue weighted by Crippen LogP contribution is -2.19. The maximum Gasteiger partial charge on any atom is 0.165 e. The van der Waals surface area contributed by atoms with E-state index >= 15 is 0 Å². The number of halogens is 1. The van der Waals surface area contributed by atoms with Crippen LogP contribution >= 0.6 is 0 Å². The second-order valence-corrected chi connectivity index (χ2v) is 4.41. The number of nitrogens with one attached hydrogen (secondary N) is 1. The van der Waals surface area contributed by atoms with Crippen molar-refractivity contribution >= 4 is 0 Å². The summed E-state index contributed by atoms with van der Waals surface area (Å²) in [6.07, 6.45) is 1.06. The lowest BCUT2D eigenvalue weighted by molar-refractivity contribution is 0.108. The Morgan fingerprint density at radius 2 is 2.05 bits per heavy atom. The molecule has 0 aliphatic rings. The quantitative estimate of drug-likeness (QED) is 0.698. The Kier molecular flexibility index (Phi) is 7.45. The third kappa shape index (κ3) is 5.57. The van der Waals surface area contributed by atoms with Gasteiger partial charge in [-0.3, -0.25) is 0 Å². The molecule has 0 saturated carbocycles. The van der Waals surface area contributed by atoms with Gasteiger partial charge in [-0.1, -0.05) is 13.0 Å². The van der Waals surface area contributed by atoms with Crippen molar-refractivity contribution in [2.45, 2.75) is 33.2 Å². The minimum Gasteiger partial charge on any atom is -0.488 e. The van der Waals surface area contributed by atoms with Crippen LogP contribution in [-0.4, -0.2) is 26.4 Å². The van der Waals surface area contributed by atoms with Crippen molar-refractivity contribution < 1.29 is 13.9 Å². The average molecular weight is 269 g/mol. The predicted molar refractivity (Wildman–Crippen MR) is 75.1 cm³/mol. The zero-order valence-corrected chi connectivity index (χ0v) is 12.0. The van der Waals surface area contributed by atoms with Crippen molar-refractivity contribution in [2.24, 2.45) is 0 Å². The molecule has 1 aromatic rings. The van der Waals surface area contributed by atoms with Crippen molar-refractivity contribution in [3.8, 4) is 5.75 Å². The number of hydrogen-bond donors (Lipinski definition) is 1. The molecule has 0 aliphatic heterocycles. The second kappa shape index (κ2) is 8.88. The number of hydrogen-bond acceptors (Lipinski definition) is 3.